The van der Waals surface area contributed by atoms with Gasteiger partial charge in [0, 0.05) is 0 Å². The van der Waals surface area contributed by atoms with E-state index in [-0.39, 0.29) is 31.3 Å². The van der Waals surface area contributed by atoms with Crippen molar-refractivity contribution in [2.24, 2.45) is 5.41 Å². The molecule has 30 heavy (non-hydrogen) atoms. The SMILES string of the molecule is CCC1(COC(=O)C(C)(C)C)COC(=O)C(CC)(CC)N1OC(C)c1ccccc1. The van der Waals surface area contributed by atoms with Crippen LogP contribution in [0, 0.1) is 5.41 Å². The van der Waals surface area contributed by atoms with Crippen molar-refractivity contribution in [3.05, 3.63) is 35.9 Å². The van der Waals surface area contributed by atoms with Crippen molar-refractivity contribution in [1.29, 1.82) is 0 Å². The molecule has 1 heterocycles. The van der Waals surface area contributed by atoms with Gasteiger partial charge in [0.15, 0.2) is 0 Å². The van der Waals surface area contributed by atoms with Crippen LogP contribution >= 0.6 is 0 Å². The minimum atomic E-state index is -0.939. The summed E-state index contributed by atoms with van der Waals surface area (Å²) < 4.78 is 11.4. The van der Waals surface area contributed by atoms with E-state index in [0.29, 0.717) is 19.3 Å². The molecule has 0 N–H and O–H groups in total. The standard InChI is InChI=1S/C24H37NO5/c1-8-23(16-28-20(26)22(5,6)7)17-29-21(27)24(9-2,10-3)25(23)30-18(4)19-14-12-11-13-15-19/h11-15,18H,8-10,16-17H2,1-7H3. The van der Waals surface area contributed by atoms with E-state index < -0.39 is 16.5 Å². The molecule has 1 fully saturated rings. The molecule has 1 aromatic rings. The molecular weight excluding hydrogens is 382 g/mol. The molecule has 1 aromatic carbocycles. The maximum Gasteiger partial charge on any atom is 0.328 e. The molecule has 6 heteroatoms. The van der Waals surface area contributed by atoms with E-state index in [9.17, 15) is 9.59 Å². The summed E-state index contributed by atoms with van der Waals surface area (Å²) in [6.45, 7) is 13.6. The number of esters is 2. The molecule has 2 unspecified atom stereocenters. The molecule has 0 aliphatic carbocycles. The summed E-state index contributed by atoms with van der Waals surface area (Å²) in [6, 6.07) is 9.88. The Morgan fingerprint density at radius 1 is 1.13 bits per heavy atom. The van der Waals surface area contributed by atoms with Crippen molar-refractivity contribution >= 4 is 11.9 Å². The quantitative estimate of drug-likeness (QED) is 0.562. The minimum absolute atomic E-state index is 0.0934. The number of carbonyl (C=O) groups excluding carboxylic acids is 2. The molecule has 2 atom stereocenters. The number of hydroxylamine groups is 2. The van der Waals surface area contributed by atoms with E-state index in [1.54, 1.807) is 5.06 Å². The highest BCUT2D eigenvalue weighted by atomic mass is 16.7. The van der Waals surface area contributed by atoms with Crippen LogP contribution in [-0.2, 0) is 23.9 Å². The first-order valence-electron chi connectivity index (χ1n) is 10.9. The lowest BCUT2D eigenvalue weighted by Crippen LogP contribution is -2.71. The highest BCUT2D eigenvalue weighted by Gasteiger charge is 2.58. The zero-order valence-electron chi connectivity index (χ0n) is 19.5. The van der Waals surface area contributed by atoms with Crippen molar-refractivity contribution in [1.82, 2.24) is 5.06 Å². The number of hydrogen-bond donors (Lipinski definition) is 0. The van der Waals surface area contributed by atoms with Crippen LogP contribution in [0.15, 0.2) is 30.3 Å². The van der Waals surface area contributed by atoms with Crippen molar-refractivity contribution < 1.29 is 23.9 Å². The first-order valence-corrected chi connectivity index (χ1v) is 10.9. The topological polar surface area (TPSA) is 65.1 Å². The Morgan fingerprint density at radius 2 is 1.73 bits per heavy atom. The molecule has 0 saturated carbocycles. The second-order valence-electron chi connectivity index (χ2n) is 9.17. The molecule has 168 valence electrons. The summed E-state index contributed by atoms with van der Waals surface area (Å²) in [5, 5.41) is 1.80. The maximum absolute atomic E-state index is 13.0. The molecule has 0 radical (unpaired) electrons. The average molecular weight is 420 g/mol. The zero-order chi connectivity index (χ0) is 22.6. The molecule has 0 bridgehead atoms. The number of rotatable bonds is 8. The number of nitrogens with zero attached hydrogens (tertiary/aromatic N) is 1. The number of morpholine rings is 1. The predicted octanol–water partition coefficient (Wildman–Crippen LogP) is 4.83. The maximum atomic E-state index is 13.0. The molecule has 1 aliphatic rings. The van der Waals surface area contributed by atoms with Crippen LogP contribution in [0.2, 0.25) is 0 Å². The van der Waals surface area contributed by atoms with Crippen LogP contribution in [0.4, 0.5) is 0 Å². The summed E-state index contributed by atoms with van der Waals surface area (Å²) in [5.74, 6) is -0.583. The molecular formula is C24H37NO5. The van der Waals surface area contributed by atoms with Gasteiger partial charge in [0.25, 0.3) is 0 Å². The highest BCUT2D eigenvalue weighted by Crippen LogP contribution is 2.41. The van der Waals surface area contributed by atoms with Gasteiger partial charge in [-0.25, -0.2) is 4.79 Å². The van der Waals surface area contributed by atoms with E-state index in [0.717, 1.165) is 5.56 Å². The molecule has 1 saturated heterocycles. The zero-order valence-corrected chi connectivity index (χ0v) is 19.5. The van der Waals surface area contributed by atoms with Gasteiger partial charge >= 0.3 is 11.9 Å². The van der Waals surface area contributed by atoms with E-state index in [4.69, 9.17) is 14.3 Å². The number of carbonyl (C=O) groups is 2. The van der Waals surface area contributed by atoms with E-state index >= 15 is 0 Å². The van der Waals surface area contributed by atoms with Crippen molar-refractivity contribution in [2.75, 3.05) is 13.2 Å². The molecule has 0 amide bonds. The lowest BCUT2D eigenvalue weighted by Gasteiger charge is -2.54. The van der Waals surface area contributed by atoms with E-state index in [1.165, 1.54) is 0 Å². The molecule has 0 aromatic heterocycles. The molecule has 0 spiro atoms. The van der Waals surface area contributed by atoms with Gasteiger partial charge in [-0.05, 0) is 52.5 Å². The monoisotopic (exact) mass is 419 g/mol. The highest BCUT2D eigenvalue weighted by molar-refractivity contribution is 5.81. The van der Waals surface area contributed by atoms with Crippen LogP contribution in [0.5, 0.6) is 0 Å². The Kier molecular flexibility index (Phi) is 7.69. The second-order valence-corrected chi connectivity index (χ2v) is 9.17. The van der Waals surface area contributed by atoms with Crippen molar-refractivity contribution in [3.8, 4) is 0 Å². The van der Waals surface area contributed by atoms with Crippen LogP contribution in [0.25, 0.3) is 0 Å². The Hall–Kier alpha value is -1.92. The molecule has 2 rings (SSSR count). The fraction of sp³-hybridized carbons (Fsp3) is 0.667. The minimum Gasteiger partial charge on any atom is -0.463 e. The lowest BCUT2D eigenvalue weighted by atomic mass is 9.83. The number of benzene rings is 1. The average Bonchev–Trinajstić information content (AvgIpc) is 2.74. The van der Waals surface area contributed by atoms with Crippen molar-refractivity contribution in [2.45, 2.75) is 84.9 Å². The summed E-state index contributed by atoms with van der Waals surface area (Å²) in [4.78, 5) is 32.0. The molecule has 6 nitrogen and oxygen atoms in total. The smallest absolute Gasteiger partial charge is 0.328 e. The van der Waals surface area contributed by atoms with Crippen LogP contribution in [0.1, 0.15) is 79.4 Å². The number of hydrogen-bond acceptors (Lipinski definition) is 6. The summed E-state index contributed by atoms with van der Waals surface area (Å²) >= 11 is 0. The third-order valence-electron chi connectivity index (χ3n) is 6.12. The van der Waals surface area contributed by atoms with Gasteiger partial charge in [0.05, 0.1) is 5.41 Å². The Labute approximate surface area is 180 Å². The molecule has 1 aliphatic heterocycles. The van der Waals surface area contributed by atoms with Crippen LogP contribution in [-0.4, -0.2) is 41.3 Å². The Balaban J connectivity index is 2.43. The van der Waals surface area contributed by atoms with Gasteiger partial charge in [0.2, 0.25) is 0 Å². The first-order chi connectivity index (χ1) is 14.1. The summed E-state index contributed by atoms with van der Waals surface area (Å²) in [7, 11) is 0. The van der Waals surface area contributed by atoms with Crippen LogP contribution in [0.3, 0.4) is 0 Å². The van der Waals surface area contributed by atoms with Gasteiger partial charge in [-0.1, -0.05) is 51.1 Å². The van der Waals surface area contributed by atoms with Gasteiger partial charge < -0.3 is 9.47 Å². The fourth-order valence-electron chi connectivity index (χ4n) is 3.78. The third-order valence-corrected chi connectivity index (χ3v) is 6.12. The number of ether oxygens (including phenoxy) is 2. The lowest BCUT2D eigenvalue weighted by molar-refractivity contribution is -0.333. The van der Waals surface area contributed by atoms with Gasteiger partial charge in [-0.2, -0.15) is 5.06 Å². The Bertz CT molecular complexity index is 723. The summed E-state index contributed by atoms with van der Waals surface area (Å²) in [6.07, 6.45) is 1.37. The van der Waals surface area contributed by atoms with Crippen LogP contribution < -0.4 is 0 Å². The largest absolute Gasteiger partial charge is 0.463 e. The van der Waals surface area contributed by atoms with Gasteiger partial charge in [0.1, 0.15) is 30.4 Å². The van der Waals surface area contributed by atoms with Crippen molar-refractivity contribution in [3.63, 3.8) is 0 Å². The Morgan fingerprint density at radius 3 is 2.23 bits per heavy atom. The number of cyclic esters (lactones) is 1. The van der Waals surface area contributed by atoms with Gasteiger partial charge in [-0.15, -0.1) is 0 Å². The van der Waals surface area contributed by atoms with E-state index in [2.05, 4.69) is 0 Å². The second kappa shape index (κ2) is 9.48. The normalized spacial score (nSPS) is 23.0. The summed E-state index contributed by atoms with van der Waals surface area (Å²) in [5.41, 5.74) is -1.31. The van der Waals surface area contributed by atoms with Gasteiger partial charge in [-0.3, -0.25) is 9.63 Å². The predicted molar refractivity (Wildman–Crippen MR) is 115 cm³/mol. The third kappa shape index (κ3) is 4.70. The fourth-order valence-corrected chi connectivity index (χ4v) is 3.78. The van der Waals surface area contributed by atoms with E-state index in [1.807, 2.05) is 78.8 Å². The first kappa shape index (κ1) is 24.4.